The molecule has 0 aromatic heterocycles. The van der Waals surface area contributed by atoms with Crippen LogP contribution < -0.4 is 4.74 Å². The van der Waals surface area contributed by atoms with Gasteiger partial charge in [0.15, 0.2) is 0 Å². The van der Waals surface area contributed by atoms with Crippen LogP contribution in [0.4, 0.5) is 0 Å². The molecule has 0 aliphatic carbocycles. The van der Waals surface area contributed by atoms with E-state index in [2.05, 4.69) is 24.0 Å². The van der Waals surface area contributed by atoms with E-state index in [0.717, 1.165) is 41.8 Å². The fourth-order valence-corrected chi connectivity index (χ4v) is 4.15. The van der Waals surface area contributed by atoms with Crippen LogP contribution in [0, 0.1) is 6.92 Å². The summed E-state index contributed by atoms with van der Waals surface area (Å²) in [6, 6.07) is 13.0. The van der Waals surface area contributed by atoms with Gasteiger partial charge in [0.25, 0.3) is 0 Å². The number of aliphatic carboxylic acids is 1. The summed E-state index contributed by atoms with van der Waals surface area (Å²) in [5.74, 6) is -0.0156. The van der Waals surface area contributed by atoms with E-state index >= 15 is 0 Å². The summed E-state index contributed by atoms with van der Waals surface area (Å²) >= 11 is 6.34. The predicted molar refractivity (Wildman–Crippen MR) is 108 cm³/mol. The minimum absolute atomic E-state index is 0.215. The van der Waals surface area contributed by atoms with Crippen LogP contribution in [0.25, 0.3) is 0 Å². The summed E-state index contributed by atoms with van der Waals surface area (Å²) in [6.07, 6.45) is 2.57. The molecule has 27 heavy (non-hydrogen) atoms. The third kappa shape index (κ3) is 4.28. The van der Waals surface area contributed by atoms with Crippen LogP contribution >= 0.6 is 11.6 Å². The molecule has 2 aromatic carbocycles. The molecular formula is C22H26ClNO3. The number of benzene rings is 2. The first-order chi connectivity index (χ1) is 13.0. The number of hydrogen-bond acceptors (Lipinski definition) is 3. The van der Waals surface area contributed by atoms with Gasteiger partial charge in [0.05, 0.1) is 12.6 Å². The standard InChI is InChI=1S/C22H26ClNO3/c1-3-27-20-12-11-16(23)14-18(20)21(17-9-5-4-8-15(17)2)24-13-7-6-10-19(24)22(25)26/h4-5,8-9,11-12,14,19,21H,3,6-7,10,13H2,1-2H3,(H,25,26). The molecule has 2 atom stereocenters. The van der Waals surface area contributed by atoms with E-state index < -0.39 is 12.0 Å². The molecule has 144 valence electrons. The van der Waals surface area contributed by atoms with Crippen LogP contribution in [0.15, 0.2) is 42.5 Å². The maximum atomic E-state index is 12.0. The molecule has 0 spiro atoms. The van der Waals surface area contributed by atoms with E-state index in [1.165, 1.54) is 0 Å². The number of rotatable bonds is 6. The van der Waals surface area contributed by atoms with Gasteiger partial charge in [-0.25, -0.2) is 0 Å². The summed E-state index contributed by atoms with van der Waals surface area (Å²) in [5.41, 5.74) is 3.14. The zero-order valence-corrected chi connectivity index (χ0v) is 16.6. The van der Waals surface area contributed by atoms with Gasteiger partial charge in [0.2, 0.25) is 0 Å². The lowest BCUT2D eigenvalue weighted by atomic mass is 9.89. The molecule has 1 fully saturated rings. The molecular weight excluding hydrogens is 362 g/mol. The predicted octanol–water partition coefficient (Wildman–Crippen LogP) is 5.08. The fraction of sp³-hybridized carbons (Fsp3) is 0.409. The first-order valence-electron chi connectivity index (χ1n) is 9.49. The van der Waals surface area contributed by atoms with Gasteiger partial charge >= 0.3 is 5.97 Å². The fourth-order valence-electron chi connectivity index (χ4n) is 3.97. The maximum Gasteiger partial charge on any atom is 0.320 e. The molecule has 0 radical (unpaired) electrons. The number of nitrogens with zero attached hydrogens (tertiary/aromatic N) is 1. The highest BCUT2D eigenvalue weighted by Gasteiger charge is 2.36. The molecule has 1 saturated heterocycles. The number of halogens is 1. The van der Waals surface area contributed by atoms with E-state index in [4.69, 9.17) is 16.3 Å². The van der Waals surface area contributed by atoms with Crippen molar-refractivity contribution < 1.29 is 14.6 Å². The molecule has 0 saturated carbocycles. The van der Waals surface area contributed by atoms with E-state index in [1.807, 2.05) is 37.3 Å². The second-order valence-electron chi connectivity index (χ2n) is 6.96. The van der Waals surface area contributed by atoms with Crippen molar-refractivity contribution >= 4 is 17.6 Å². The monoisotopic (exact) mass is 387 g/mol. The number of aryl methyl sites for hydroxylation is 1. The molecule has 0 bridgehead atoms. The minimum atomic E-state index is -0.770. The molecule has 4 nitrogen and oxygen atoms in total. The van der Waals surface area contributed by atoms with Crippen molar-refractivity contribution in [3.63, 3.8) is 0 Å². The van der Waals surface area contributed by atoms with E-state index in [1.54, 1.807) is 0 Å². The third-order valence-electron chi connectivity index (χ3n) is 5.21. The van der Waals surface area contributed by atoms with Crippen molar-refractivity contribution in [1.29, 1.82) is 0 Å². The van der Waals surface area contributed by atoms with Gasteiger partial charge in [0, 0.05) is 10.6 Å². The molecule has 0 amide bonds. The van der Waals surface area contributed by atoms with Crippen molar-refractivity contribution in [1.82, 2.24) is 4.90 Å². The first-order valence-corrected chi connectivity index (χ1v) is 9.87. The Labute approximate surface area is 165 Å². The number of likely N-dealkylation sites (tertiary alicyclic amines) is 1. The minimum Gasteiger partial charge on any atom is -0.494 e. The number of ether oxygens (including phenoxy) is 1. The van der Waals surface area contributed by atoms with Gasteiger partial charge in [-0.2, -0.15) is 0 Å². The lowest BCUT2D eigenvalue weighted by molar-refractivity contribution is -0.145. The summed E-state index contributed by atoms with van der Waals surface area (Å²) in [5, 5.41) is 10.5. The number of carboxylic acid groups (broad SMARTS) is 1. The average molecular weight is 388 g/mol. The zero-order chi connectivity index (χ0) is 19.4. The Kier molecular flexibility index (Phi) is 6.40. The van der Waals surface area contributed by atoms with Crippen molar-refractivity contribution in [2.75, 3.05) is 13.2 Å². The highest BCUT2D eigenvalue weighted by Crippen LogP contribution is 2.40. The second-order valence-corrected chi connectivity index (χ2v) is 7.40. The van der Waals surface area contributed by atoms with Gasteiger partial charge in [0.1, 0.15) is 11.8 Å². The number of carboxylic acids is 1. The molecule has 2 unspecified atom stereocenters. The van der Waals surface area contributed by atoms with Crippen LogP contribution in [-0.4, -0.2) is 35.2 Å². The Morgan fingerprint density at radius 3 is 2.74 bits per heavy atom. The lowest BCUT2D eigenvalue weighted by Gasteiger charge is -2.40. The smallest absolute Gasteiger partial charge is 0.320 e. The van der Waals surface area contributed by atoms with E-state index in [0.29, 0.717) is 18.1 Å². The van der Waals surface area contributed by atoms with Crippen LogP contribution in [0.2, 0.25) is 5.02 Å². The second kappa shape index (κ2) is 8.77. The Bertz CT molecular complexity index is 808. The maximum absolute atomic E-state index is 12.0. The molecule has 1 aliphatic heterocycles. The summed E-state index contributed by atoms with van der Waals surface area (Å²) in [7, 11) is 0. The number of carbonyl (C=O) groups is 1. The molecule has 5 heteroatoms. The van der Waals surface area contributed by atoms with Crippen LogP contribution in [0.5, 0.6) is 5.75 Å². The summed E-state index contributed by atoms with van der Waals surface area (Å²) < 4.78 is 5.89. The van der Waals surface area contributed by atoms with Crippen molar-refractivity contribution in [3.8, 4) is 5.75 Å². The van der Waals surface area contributed by atoms with Crippen LogP contribution in [0.3, 0.4) is 0 Å². The normalized spacial score (nSPS) is 18.9. The third-order valence-corrected chi connectivity index (χ3v) is 5.45. The first kappa shape index (κ1) is 19.7. The number of hydrogen-bond donors (Lipinski definition) is 1. The van der Waals surface area contributed by atoms with Gasteiger partial charge in [-0.05, 0) is 62.6 Å². The average Bonchev–Trinajstić information content (AvgIpc) is 2.66. The van der Waals surface area contributed by atoms with Crippen molar-refractivity contribution in [3.05, 3.63) is 64.2 Å². The molecule has 1 aliphatic rings. The van der Waals surface area contributed by atoms with Gasteiger partial charge in [-0.15, -0.1) is 0 Å². The molecule has 3 rings (SSSR count). The molecule has 1 N–H and O–H groups in total. The Morgan fingerprint density at radius 2 is 2.04 bits per heavy atom. The highest BCUT2D eigenvalue weighted by molar-refractivity contribution is 6.30. The molecule has 2 aromatic rings. The Morgan fingerprint density at radius 1 is 1.26 bits per heavy atom. The SMILES string of the molecule is CCOc1ccc(Cl)cc1C(c1ccccc1C)N1CCCCC1C(=O)O. The summed E-state index contributed by atoms with van der Waals surface area (Å²) in [4.78, 5) is 14.1. The Hall–Kier alpha value is -2.04. The van der Waals surface area contributed by atoms with Gasteiger partial charge in [-0.1, -0.05) is 42.3 Å². The zero-order valence-electron chi connectivity index (χ0n) is 15.8. The van der Waals surface area contributed by atoms with Crippen molar-refractivity contribution in [2.24, 2.45) is 0 Å². The Balaban J connectivity index is 2.18. The highest BCUT2D eigenvalue weighted by atomic mass is 35.5. The van der Waals surface area contributed by atoms with Crippen molar-refractivity contribution in [2.45, 2.75) is 45.2 Å². The molecule has 1 heterocycles. The number of piperidine rings is 1. The largest absolute Gasteiger partial charge is 0.494 e. The summed E-state index contributed by atoms with van der Waals surface area (Å²) in [6.45, 7) is 5.28. The van der Waals surface area contributed by atoms with E-state index in [9.17, 15) is 9.90 Å². The van der Waals surface area contributed by atoms with Gasteiger partial charge < -0.3 is 9.84 Å². The van der Waals surface area contributed by atoms with Crippen LogP contribution in [0.1, 0.15) is 48.9 Å². The quantitative estimate of drug-likeness (QED) is 0.751. The van der Waals surface area contributed by atoms with Crippen LogP contribution in [-0.2, 0) is 4.79 Å². The van der Waals surface area contributed by atoms with E-state index in [-0.39, 0.29) is 6.04 Å². The van der Waals surface area contributed by atoms with Gasteiger partial charge in [-0.3, -0.25) is 9.69 Å². The lowest BCUT2D eigenvalue weighted by Crippen LogP contribution is -2.47. The topological polar surface area (TPSA) is 49.8 Å².